The average Bonchev–Trinajstić information content (AvgIpc) is 3.43. The number of benzene rings is 3. The average molecular weight is 647 g/mol. The first-order valence-electron chi connectivity index (χ1n) is 15.9. The molecule has 2 heterocycles. The number of guanidine groups is 1. The van der Waals surface area contributed by atoms with Gasteiger partial charge in [0.15, 0.2) is 5.96 Å². The zero-order chi connectivity index (χ0) is 34.3. The number of nitrogens with two attached hydrogens (primary N) is 3. The Balaban J connectivity index is 1.48. The number of nitrogens with zero attached hydrogens (tertiary/aromatic N) is 4. The number of aliphatic imine (C=N–C) groups is 1. The molecule has 0 saturated heterocycles. The zero-order valence-corrected chi connectivity index (χ0v) is 27.5. The van der Waals surface area contributed by atoms with Gasteiger partial charge in [0.1, 0.15) is 23.4 Å². The van der Waals surface area contributed by atoms with Crippen LogP contribution in [-0.2, 0) is 16.6 Å². The minimum atomic E-state index is -0.758. The Morgan fingerprint density at radius 2 is 1.73 bits per heavy atom. The van der Waals surface area contributed by atoms with Crippen molar-refractivity contribution in [1.82, 2.24) is 19.9 Å². The summed E-state index contributed by atoms with van der Waals surface area (Å²) in [5.74, 6) is 1.03. The van der Waals surface area contributed by atoms with Gasteiger partial charge in [-0.25, -0.2) is 4.98 Å². The number of pyridine rings is 1. The van der Waals surface area contributed by atoms with Crippen LogP contribution in [0.2, 0.25) is 0 Å². The Morgan fingerprint density at radius 3 is 2.42 bits per heavy atom. The van der Waals surface area contributed by atoms with Gasteiger partial charge in [0.25, 0.3) is 5.91 Å². The first-order chi connectivity index (χ1) is 23.0. The minimum Gasteiger partial charge on any atom is -0.457 e. The topological polar surface area (TPSA) is 177 Å². The van der Waals surface area contributed by atoms with Crippen molar-refractivity contribution in [2.75, 3.05) is 13.1 Å². The number of amides is 2. The van der Waals surface area contributed by atoms with Gasteiger partial charge in [-0.05, 0) is 78.4 Å². The van der Waals surface area contributed by atoms with E-state index in [4.69, 9.17) is 26.9 Å². The first-order valence-corrected chi connectivity index (χ1v) is 15.9. The summed E-state index contributed by atoms with van der Waals surface area (Å²) >= 11 is 0. The van der Waals surface area contributed by atoms with Gasteiger partial charge in [-0.2, -0.15) is 0 Å². The lowest BCUT2D eigenvalue weighted by molar-refractivity contribution is -0.121. The van der Waals surface area contributed by atoms with Gasteiger partial charge in [-0.15, -0.1) is 0 Å². The van der Waals surface area contributed by atoms with E-state index in [1.54, 1.807) is 24.4 Å². The highest BCUT2D eigenvalue weighted by atomic mass is 16.5. The fraction of sp³-hybridized carbons (Fsp3) is 0.270. The second-order valence-electron chi connectivity index (χ2n) is 12.6. The predicted molar refractivity (Wildman–Crippen MR) is 189 cm³/mol. The Hall–Kier alpha value is -5.71. The summed E-state index contributed by atoms with van der Waals surface area (Å²) in [4.78, 5) is 39.4. The van der Waals surface area contributed by atoms with Crippen LogP contribution in [-0.4, -0.2) is 45.4 Å². The third-order valence-corrected chi connectivity index (χ3v) is 7.96. The molecule has 0 aliphatic carbocycles. The summed E-state index contributed by atoms with van der Waals surface area (Å²) < 4.78 is 8.05. The maximum atomic E-state index is 13.1. The Bertz CT molecular complexity index is 1910. The third kappa shape index (κ3) is 8.35. The minimum absolute atomic E-state index is 0.0184. The maximum Gasteiger partial charge on any atom is 0.251 e. The van der Waals surface area contributed by atoms with Crippen LogP contribution < -0.4 is 27.3 Å². The van der Waals surface area contributed by atoms with Crippen molar-refractivity contribution in [1.29, 1.82) is 0 Å². The molecule has 0 unspecified atom stereocenters. The Kier molecular flexibility index (Phi) is 10.4. The Labute approximate surface area is 280 Å². The molecule has 2 amide bonds. The van der Waals surface area contributed by atoms with Crippen LogP contribution in [0.5, 0.6) is 11.5 Å². The molecule has 7 N–H and O–H groups in total. The fourth-order valence-corrected chi connectivity index (χ4v) is 5.46. The lowest BCUT2D eigenvalue weighted by atomic mass is 9.87. The maximum absolute atomic E-state index is 13.1. The third-order valence-electron chi connectivity index (χ3n) is 7.96. The van der Waals surface area contributed by atoms with E-state index in [9.17, 15) is 9.59 Å². The number of nitrogens with one attached hydrogen (secondary N) is 1. The van der Waals surface area contributed by atoms with Crippen molar-refractivity contribution in [2.45, 2.75) is 51.5 Å². The largest absolute Gasteiger partial charge is 0.457 e. The summed E-state index contributed by atoms with van der Waals surface area (Å²) in [6, 6.07) is 25.7. The van der Waals surface area contributed by atoms with Crippen LogP contribution in [0, 0.1) is 0 Å². The first kappa shape index (κ1) is 33.6. The van der Waals surface area contributed by atoms with Crippen LogP contribution in [0.25, 0.3) is 22.4 Å². The van der Waals surface area contributed by atoms with Gasteiger partial charge in [0, 0.05) is 42.5 Å². The second-order valence-corrected chi connectivity index (χ2v) is 12.6. The molecule has 0 spiro atoms. The molecule has 3 aromatic carbocycles. The fourth-order valence-electron chi connectivity index (χ4n) is 5.46. The highest BCUT2D eigenvalue weighted by Gasteiger charge is 2.25. The van der Waals surface area contributed by atoms with Crippen molar-refractivity contribution < 1.29 is 14.3 Å². The van der Waals surface area contributed by atoms with Gasteiger partial charge in [0.05, 0.1) is 11.0 Å². The molecule has 11 heteroatoms. The number of rotatable bonds is 13. The number of aromatic nitrogens is 3. The van der Waals surface area contributed by atoms with E-state index in [-0.39, 0.29) is 17.3 Å². The lowest BCUT2D eigenvalue weighted by Crippen LogP contribution is -2.28. The molecule has 0 aliphatic rings. The predicted octanol–water partition coefficient (Wildman–Crippen LogP) is 5.24. The van der Waals surface area contributed by atoms with E-state index >= 15 is 0 Å². The van der Waals surface area contributed by atoms with Gasteiger partial charge in [-0.1, -0.05) is 51.1 Å². The molecule has 2 aromatic heterocycles. The van der Waals surface area contributed by atoms with E-state index < -0.39 is 11.9 Å². The number of carbonyl (C=O) groups is 2. The smallest absolute Gasteiger partial charge is 0.251 e. The normalized spacial score (nSPS) is 12.0. The summed E-state index contributed by atoms with van der Waals surface area (Å²) in [7, 11) is 0. The van der Waals surface area contributed by atoms with Crippen molar-refractivity contribution in [3.63, 3.8) is 0 Å². The molecule has 0 fully saturated rings. The van der Waals surface area contributed by atoms with Gasteiger partial charge in [-0.3, -0.25) is 19.6 Å². The summed E-state index contributed by atoms with van der Waals surface area (Å²) in [5.41, 5.74) is 21.5. The molecule has 5 aromatic rings. The number of carbonyl (C=O) groups excluding carboxylic acids is 2. The number of fused-ring (bicyclic) bond motifs is 1. The molecule has 11 nitrogen and oxygen atoms in total. The van der Waals surface area contributed by atoms with Gasteiger partial charge in [0.2, 0.25) is 5.91 Å². The van der Waals surface area contributed by atoms with Crippen molar-refractivity contribution in [3.05, 3.63) is 108 Å². The van der Waals surface area contributed by atoms with Crippen LogP contribution in [0.3, 0.4) is 0 Å². The lowest BCUT2D eigenvalue weighted by Gasteiger charge is -2.20. The van der Waals surface area contributed by atoms with E-state index in [0.717, 1.165) is 5.69 Å². The van der Waals surface area contributed by atoms with Gasteiger partial charge >= 0.3 is 0 Å². The standard InChI is InChI=1S/C37H42N8O3/c1-37(2,3)26-13-15-28(16-14-26)48-29-10-6-8-24(22-29)34-44-30-23-25(35(47)42-21-18-27-9-4-5-19-41-27)12-17-31(30)45(34)32(33(38)46)11-7-20-43-36(39)40/h4-6,8-10,12-17,19,22-23,32H,7,11,18,20-21H2,1-3H3,(H2,38,46)(H,42,47)(H4,39,40,43)/t32-/m1/s1. The molecular formula is C37H42N8O3. The highest BCUT2D eigenvalue weighted by Crippen LogP contribution is 2.34. The quantitative estimate of drug-likeness (QED) is 0.0768. The number of imidazole rings is 1. The van der Waals surface area contributed by atoms with E-state index in [0.29, 0.717) is 71.8 Å². The molecule has 0 aliphatic heterocycles. The number of hydrogen-bond acceptors (Lipinski definition) is 6. The molecule has 0 bridgehead atoms. The highest BCUT2D eigenvalue weighted by molar-refractivity contribution is 5.98. The number of ether oxygens (including phenoxy) is 1. The summed E-state index contributed by atoms with van der Waals surface area (Å²) in [5, 5.41) is 2.95. The Morgan fingerprint density at radius 1 is 0.938 bits per heavy atom. The van der Waals surface area contributed by atoms with E-state index in [1.165, 1.54) is 5.56 Å². The molecule has 248 valence electrons. The SMILES string of the molecule is CC(C)(C)c1ccc(Oc2cccc(-c3nc4cc(C(=O)NCCc5ccccn5)ccc4n3[C@H](CCCN=C(N)N)C(N)=O)c2)cc1. The molecule has 0 radical (unpaired) electrons. The van der Waals surface area contributed by atoms with Crippen LogP contribution in [0.4, 0.5) is 0 Å². The van der Waals surface area contributed by atoms with Crippen LogP contribution >= 0.6 is 0 Å². The molecular weight excluding hydrogens is 604 g/mol. The monoisotopic (exact) mass is 646 g/mol. The van der Waals surface area contributed by atoms with Crippen molar-refractivity contribution in [3.8, 4) is 22.9 Å². The zero-order valence-electron chi connectivity index (χ0n) is 27.5. The van der Waals surface area contributed by atoms with Gasteiger partial charge < -0.3 is 31.8 Å². The summed E-state index contributed by atoms with van der Waals surface area (Å²) in [6.07, 6.45) is 3.21. The van der Waals surface area contributed by atoms with Crippen LogP contribution in [0.1, 0.15) is 61.3 Å². The second kappa shape index (κ2) is 14.8. The van der Waals surface area contributed by atoms with E-state index in [1.807, 2.05) is 59.2 Å². The number of hydrogen-bond donors (Lipinski definition) is 4. The van der Waals surface area contributed by atoms with Crippen LogP contribution in [0.15, 0.2) is 96.1 Å². The van der Waals surface area contributed by atoms with Crippen molar-refractivity contribution >= 4 is 28.8 Å². The molecule has 0 saturated carbocycles. The van der Waals surface area contributed by atoms with Crippen molar-refractivity contribution in [2.24, 2.45) is 22.2 Å². The number of primary amides is 1. The molecule has 48 heavy (non-hydrogen) atoms. The molecule has 1 atom stereocenters. The summed E-state index contributed by atoms with van der Waals surface area (Å²) in [6.45, 7) is 7.26. The van der Waals surface area contributed by atoms with E-state index in [2.05, 4.69) is 48.2 Å². The molecule has 5 rings (SSSR count).